The van der Waals surface area contributed by atoms with E-state index in [-0.39, 0.29) is 39.9 Å². The minimum Gasteiger partial charge on any atom is -0.518 e. The molecule has 0 bridgehead atoms. The van der Waals surface area contributed by atoms with Gasteiger partial charge in [0.2, 0.25) is 0 Å². The maximum atomic E-state index is 8.76. The molecule has 0 saturated heterocycles. The van der Waals surface area contributed by atoms with Crippen molar-refractivity contribution in [2.24, 2.45) is 0 Å². The zero-order valence-corrected chi connectivity index (χ0v) is 19.4. The molecule has 121 valence electrons. The first-order valence-electron chi connectivity index (χ1n) is 7.33. The zero-order valence-electron chi connectivity index (χ0n) is 14.3. The summed E-state index contributed by atoms with van der Waals surface area (Å²) in [6.07, 6.45) is 30.0. The van der Waals surface area contributed by atoms with Crippen molar-refractivity contribution in [3.8, 4) is 0 Å². The average Bonchev–Trinajstić information content (AvgIpc) is 3.23. The second-order valence-electron chi connectivity index (χ2n) is 5.58. The number of hydrogen-bond donors (Lipinski definition) is 1. The van der Waals surface area contributed by atoms with Crippen LogP contribution >= 0.6 is 0 Å². The van der Waals surface area contributed by atoms with Crippen LogP contribution in [0.2, 0.25) is 19.6 Å². The Bertz CT molecular complexity index is 202. The minimum absolute atomic E-state index is 0. The Kier molecular flexibility index (Phi) is 20.5. The fraction of sp³-hybridized carbons (Fsp3) is 0.150. The molecule has 3 fully saturated rings. The van der Waals surface area contributed by atoms with E-state index in [0.29, 0.717) is 5.38 Å². The average molecular weight is 544 g/mol. The van der Waals surface area contributed by atoms with Gasteiger partial charge in [0.25, 0.3) is 0 Å². The Balaban J connectivity index is 0. The van der Waals surface area contributed by atoms with E-state index in [9.17, 15) is 0 Å². The third-order valence-electron chi connectivity index (χ3n) is 2.53. The van der Waals surface area contributed by atoms with Crippen LogP contribution in [0.4, 0.5) is 0 Å². The second kappa shape index (κ2) is 17.9. The number of hydrogen-bond acceptors (Lipinski definition) is 1. The molecule has 0 aromatic rings. The quantitative estimate of drug-likeness (QED) is 0.365. The van der Waals surface area contributed by atoms with Gasteiger partial charge in [-0.3, -0.25) is 0 Å². The van der Waals surface area contributed by atoms with Crippen molar-refractivity contribution in [3.63, 3.8) is 0 Å². The normalized spacial score (nSPS) is 19.1. The molecule has 3 rings (SSSR count). The van der Waals surface area contributed by atoms with Crippen LogP contribution in [0.5, 0.6) is 0 Å². The molecule has 0 heterocycles. The molecule has 3 aliphatic rings. The van der Waals surface area contributed by atoms with Crippen molar-refractivity contribution >= 4 is 8.07 Å². The van der Waals surface area contributed by atoms with Gasteiger partial charge in [-0.25, -0.2) is 0 Å². The Morgan fingerprint density at radius 2 is 0.652 bits per heavy atom. The maximum Gasteiger partial charge on any atom is 0.121 e. The molecule has 0 amide bonds. The molecular formula is C20H27OSiTh. The summed E-state index contributed by atoms with van der Waals surface area (Å²) < 4.78 is 0. The van der Waals surface area contributed by atoms with Crippen LogP contribution in [0.15, 0.2) is 12.0 Å². The van der Waals surface area contributed by atoms with Gasteiger partial charge in [0.1, 0.15) is 8.07 Å². The smallest absolute Gasteiger partial charge is 0.121 e. The third kappa shape index (κ3) is 21.0. The first-order valence-corrected chi connectivity index (χ1v) is 10.8. The molecule has 0 aliphatic heterocycles. The Morgan fingerprint density at radius 3 is 0.696 bits per heavy atom. The van der Waals surface area contributed by atoms with Gasteiger partial charge in [-0.05, 0) is 96.3 Å². The number of aliphatic hydroxyl groups excluding tert-OH is 1. The van der Waals surface area contributed by atoms with Crippen molar-refractivity contribution in [2.75, 3.05) is 0 Å². The van der Waals surface area contributed by atoms with E-state index in [1.54, 1.807) is 0 Å². The first kappa shape index (κ1) is 26.3. The summed E-state index contributed by atoms with van der Waals surface area (Å²) in [5.74, 6) is 0. The van der Waals surface area contributed by atoms with Gasteiger partial charge in [0.15, 0.2) is 0 Å². The molecule has 0 aromatic heterocycles. The van der Waals surface area contributed by atoms with Gasteiger partial charge < -0.3 is 5.11 Å². The Labute approximate surface area is 179 Å². The van der Waals surface area contributed by atoms with Crippen LogP contribution in [-0.2, 0) is 0 Å². The molecule has 0 aromatic carbocycles. The summed E-state index contributed by atoms with van der Waals surface area (Å²) in [6.45, 7) is 9.60. The molecule has 0 atom stereocenters. The van der Waals surface area contributed by atoms with E-state index in [2.05, 4.69) is 26.2 Å². The maximum absolute atomic E-state index is 8.76. The second-order valence-corrected chi connectivity index (χ2v) is 10.7. The van der Waals surface area contributed by atoms with E-state index in [0.717, 1.165) is 0 Å². The Hall–Kier alpha value is 1.08. The molecular weight excluding hydrogens is 516 g/mol. The van der Waals surface area contributed by atoms with E-state index in [1.807, 2.05) is 96.3 Å². The predicted octanol–water partition coefficient (Wildman–Crippen LogP) is 5.00. The summed E-state index contributed by atoms with van der Waals surface area (Å²) in [5, 5.41) is 9.14. The van der Waals surface area contributed by atoms with E-state index >= 15 is 0 Å². The van der Waals surface area contributed by atoms with Crippen molar-refractivity contribution in [2.45, 2.75) is 19.6 Å². The van der Waals surface area contributed by atoms with Gasteiger partial charge in [-0.2, -0.15) is 0 Å². The van der Waals surface area contributed by atoms with Crippen molar-refractivity contribution < 1.29 is 45.0 Å². The van der Waals surface area contributed by atoms with E-state index < -0.39 is 8.07 Å². The largest absolute Gasteiger partial charge is 0.518 e. The molecule has 15 radical (unpaired) electrons. The summed E-state index contributed by atoms with van der Waals surface area (Å²) in [4.78, 5) is 0. The molecule has 3 saturated carbocycles. The standard InChI is InChI=1S/C5H12OSi.3C5H5.Th/c1-5(6)7(2,3)4;3*1-2-4-5-3-1;/h6H,1H2,2-4H3;3*1-5H;. The third-order valence-corrected chi connectivity index (χ3v) is 4.26. The van der Waals surface area contributed by atoms with Crippen molar-refractivity contribution in [1.29, 1.82) is 0 Å². The SMILES string of the molecule is C=C(O)[Si](C)(C)C.[CH]1[CH][CH][CH][CH]1.[CH]1[CH][CH][CH][CH]1.[CH]1[CH][CH][CH][CH]1.[Th]. The van der Waals surface area contributed by atoms with Crippen LogP contribution in [0.3, 0.4) is 0 Å². The van der Waals surface area contributed by atoms with E-state index in [4.69, 9.17) is 5.11 Å². The van der Waals surface area contributed by atoms with Crippen LogP contribution in [0.25, 0.3) is 0 Å². The Morgan fingerprint density at radius 1 is 0.565 bits per heavy atom. The molecule has 0 unspecified atom stereocenters. The molecule has 3 heteroatoms. The topological polar surface area (TPSA) is 20.2 Å². The summed E-state index contributed by atoms with van der Waals surface area (Å²) in [7, 11) is -1.37. The fourth-order valence-electron chi connectivity index (χ4n) is 0.962. The fourth-order valence-corrected chi connectivity index (χ4v) is 0.962. The summed E-state index contributed by atoms with van der Waals surface area (Å²) in [6, 6.07) is 0. The van der Waals surface area contributed by atoms with Gasteiger partial charge >= 0.3 is 0 Å². The van der Waals surface area contributed by atoms with Crippen molar-refractivity contribution in [1.82, 2.24) is 0 Å². The van der Waals surface area contributed by atoms with Gasteiger partial charge in [-0.15, -0.1) is 0 Å². The number of aliphatic hydroxyl groups is 1. The van der Waals surface area contributed by atoms with Crippen LogP contribution in [-0.4, -0.2) is 13.2 Å². The van der Waals surface area contributed by atoms with E-state index in [1.165, 1.54) is 0 Å². The van der Waals surface area contributed by atoms with Gasteiger partial charge in [-0.1, -0.05) is 26.2 Å². The zero-order chi connectivity index (χ0) is 16.7. The molecule has 0 spiro atoms. The molecule has 23 heavy (non-hydrogen) atoms. The van der Waals surface area contributed by atoms with Crippen LogP contribution in [0.1, 0.15) is 0 Å². The van der Waals surface area contributed by atoms with Gasteiger partial charge in [0, 0.05) is 39.9 Å². The van der Waals surface area contributed by atoms with Crippen LogP contribution < -0.4 is 0 Å². The predicted molar refractivity (Wildman–Crippen MR) is 99.6 cm³/mol. The monoisotopic (exact) mass is 543 g/mol. The first-order chi connectivity index (χ1) is 10.4. The molecule has 3 aliphatic carbocycles. The minimum atomic E-state index is -1.37. The summed E-state index contributed by atoms with van der Waals surface area (Å²) in [5.41, 5.74) is 0. The number of rotatable bonds is 1. The molecule has 1 N–H and O–H groups in total. The summed E-state index contributed by atoms with van der Waals surface area (Å²) >= 11 is 0. The van der Waals surface area contributed by atoms with Crippen LogP contribution in [0, 0.1) is 136 Å². The molecule has 1 nitrogen and oxygen atoms in total. The van der Waals surface area contributed by atoms with Crippen molar-refractivity contribution in [3.05, 3.63) is 108 Å². The van der Waals surface area contributed by atoms with Gasteiger partial charge in [0.05, 0.1) is 5.38 Å².